The highest BCUT2D eigenvalue weighted by molar-refractivity contribution is 5.81. The standard InChI is InChI=1S/C14H16N4O/c1-17(8-9-19)10-14-16-15-13-7-6-11-4-2-3-5-12(11)18(13)14/h2-7,19H,8-10H2,1H3. The summed E-state index contributed by atoms with van der Waals surface area (Å²) in [6.45, 7) is 1.43. The van der Waals surface area contributed by atoms with Crippen LogP contribution in [0.15, 0.2) is 36.4 Å². The zero-order chi connectivity index (χ0) is 13.2. The number of aliphatic hydroxyl groups is 1. The third-order valence-corrected chi connectivity index (χ3v) is 3.24. The minimum absolute atomic E-state index is 0.147. The zero-order valence-electron chi connectivity index (χ0n) is 10.8. The van der Waals surface area contributed by atoms with E-state index >= 15 is 0 Å². The van der Waals surface area contributed by atoms with E-state index < -0.39 is 0 Å². The SMILES string of the molecule is CN(CCO)Cc1nnc2ccc3ccccc3n12. The first kappa shape index (κ1) is 12.1. The van der Waals surface area contributed by atoms with Gasteiger partial charge in [-0.15, -0.1) is 10.2 Å². The molecule has 2 heterocycles. The number of hydrogen-bond acceptors (Lipinski definition) is 4. The van der Waals surface area contributed by atoms with Crippen LogP contribution < -0.4 is 0 Å². The molecule has 0 atom stereocenters. The van der Waals surface area contributed by atoms with Crippen molar-refractivity contribution in [1.82, 2.24) is 19.5 Å². The lowest BCUT2D eigenvalue weighted by Gasteiger charge is -2.14. The van der Waals surface area contributed by atoms with Crippen LogP contribution in [0.3, 0.4) is 0 Å². The van der Waals surface area contributed by atoms with Gasteiger partial charge in [-0.3, -0.25) is 9.30 Å². The van der Waals surface area contributed by atoms with Gasteiger partial charge in [0, 0.05) is 6.54 Å². The number of aliphatic hydroxyl groups excluding tert-OH is 1. The van der Waals surface area contributed by atoms with Crippen molar-refractivity contribution in [2.75, 3.05) is 20.2 Å². The molecule has 0 saturated carbocycles. The molecule has 0 saturated heterocycles. The Hall–Kier alpha value is -1.98. The monoisotopic (exact) mass is 256 g/mol. The highest BCUT2D eigenvalue weighted by atomic mass is 16.3. The van der Waals surface area contributed by atoms with Crippen LogP contribution in [0, 0.1) is 0 Å². The van der Waals surface area contributed by atoms with Gasteiger partial charge < -0.3 is 5.11 Å². The summed E-state index contributed by atoms with van der Waals surface area (Å²) in [7, 11) is 1.96. The minimum Gasteiger partial charge on any atom is -0.395 e. The van der Waals surface area contributed by atoms with Crippen molar-refractivity contribution in [2.45, 2.75) is 6.54 Å². The fraction of sp³-hybridized carbons (Fsp3) is 0.286. The van der Waals surface area contributed by atoms with Crippen molar-refractivity contribution in [1.29, 1.82) is 0 Å². The second-order valence-electron chi connectivity index (χ2n) is 4.66. The molecule has 2 aromatic heterocycles. The summed E-state index contributed by atoms with van der Waals surface area (Å²) in [6.07, 6.45) is 0. The molecular formula is C14H16N4O. The predicted molar refractivity (Wildman–Crippen MR) is 73.9 cm³/mol. The van der Waals surface area contributed by atoms with Crippen LogP contribution in [0.1, 0.15) is 5.82 Å². The maximum absolute atomic E-state index is 8.97. The fourth-order valence-electron chi connectivity index (χ4n) is 2.29. The first-order valence-corrected chi connectivity index (χ1v) is 6.31. The number of likely N-dealkylation sites (N-methyl/N-ethyl adjacent to an activating group) is 1. The summed E-state index contributed by atoms with van der Waals surface area (Å²) in [4.78, 5) is 2.03. The topological polar surface area (TPSA) is 53.7 Å². The number of para-hydroxylation sites is 1. The van der Waals surface area contributed by atoms with E-state index in [1.807, 2.05) is 30.1 Å². The number of benzene rings is 1. The van der Waals surface area contributed by atoms with Crippen LogP contribution in [-0.2, 0) is 6.54 Å². The van der Waals surface area contributed by atoms with E-state index in [9.17, 15) is 0 Å². The average molecular weight is 256 g/mol. The van der Waals surface area contributed by atoms with Gasteiger partial charge in [0.25, 0.3) is 0 Å². The Morgan fingerprint density at radius 2 is 2.00 bits per heavy atom. The summed E-state index contributed by atoms with van der Waals surface area (Å²) in [5, 5.41) is 18.6. The van der Waals surface area contributed by atoms with Crippen molar-refractivity contribution in [3.05, 3.63) is 42.2 Å². The molecule has 0 spiro atoms. The van der Waals surface area contributed by atoms with E-state index in [-0.39, 0.29) is 6.61 Å². The maximum atomic E-state index is 8.97. The molecule has 0 fully saturated rings. The molecule has 19 heavy (non-hydrogen) atoms. The largest absolute Gasteiger partial charge is 0.395 e. The third kappa shape index (κ3) is 2.18. The smallest absolute Gasteiger partial charge is 0.161 e. The number of nitrogens with zero attached hydrogens (tertiary/aromatic N) is 4. The lowest BCUT2D eigenvalue weighted by atomic mass is 10.2. The van der Waals surface area contributed by atoms with Crippen molar-refractivity contribution in [3.8, 4) is 0 Å². The highest BCUT2D eigenvalue weighted by Crippen LogP contribution is 2.17. The molecule has 5 nitrogen and oxygen atoms in total. The van der Waals surface area contributed by atoms with Crippen LogP contribution in [0.4, 0.5) is 0 Å². The number of aromatic nitrogens is 3. The molecule has 1 N–H and O–H groups in total. The van der Waals surface area contributed by atoms with Crippen molar-refractivity contribution in [2.24, 2.45) is 0 Å². The predicted octanol–water partition coefficient (Wildman–Crippen LogP) is 1.31. The quantitative estimate of drug-likeness (QED) is 0.764. The van der Waals surface area contributed by atoms with Gasteiger partial charge in [0.15, 0.2) is 11.5 Å². The fourth-order valence-corrected chi connectivity index (χ4v) is 2.29. The van der Waals surface area contributed by atoms with Gasteiger partial charge in [0.05, 0.1) is 18.7 Å². The van der Waals surface area contributed by atoms with Gasteiger partial charge in [-0.05, 0) is 30.6 Å². The molecule has 0 aliphatic heterocycles. The van der Waals surface area contributed by atoms with Crippen molar-refractivity contribution >= 4 is 16.6 Å². The Balaban J connectivity index is 2.12. The van der Waals surface area contributed by atoms with Gasteiger partial charge in [0.2, 0.25) is 0 Å². The summed E-state index contributed by atoms with van der Waals surface area (Å²) in [5.74, 6) is 0.891. The zero-order valence-corrected chi connectivity index (χ0v) is 10.8. The van der Waals surface area contributed by atoms with E-state index in [4.69, 9.17) is 5.11 Å². The van der Waals surface area contributed by atoms with Crippen LogP contribution in [0.5, 0.6) is 0 Å². The molecule has 3 aromatic rings. The van der Waals surface area contributed by atoms with E-state index in [1.54, 1.807) is 0 Å². The second-order valence-corrected chi connectivity index (χ2v) is 4.66. The Kier molecular flexibility index (Phi) is 3.15. The molecule has 0 bridgehead atoms. The molecule has 5 heteroatoms. The van der Waals surface area contributed by atoms with E-state index in [1.165, 1.54) is 5.39 Å². The molecular weight excluding hydrogens is 240 g/mol. The Bertz CT molecular complexity index is 707. The maximum Gasteiger partial charge on any atom is 0.161 e. The van der Waals surface area contributed by atoms with E-state index in [0.717, 1.165) is 17.0 Å². The van der Waals surface area contributed by atoms with Gasteiger partial charge in [-0.1, -0.05) is 18.2 Å². The number of rotatable bonds is 4. The number of hydrogen-bond donors (Lipinski definition) is 1. The molecule has 0 radical (unpaired) electrons. The summed E-state index contributed by atoms with van der Waals surface area (Å²) in [5.41, 5.74) is 1.96. The van der Waals surface area contributed by atoms with Gasteiger partial charge in [0.1, 0.15) is 0 Å². The summed E-state index contributed by atoms with van der Waals surface area (Å²) in [6, 6.07) is 12.2. The normalized spacial score (nSPS) is 11.7. The average Bonchev–Trinajstić information content (AvgIpc) is 2.82. The summed E-state index contributed by atoms with van der Waals surface area (Å²) >= 11 is 0. The Labute approximate surface area is 111 Å². The first-order chi connectivity index (χ1) is 9.29. The summed E-state index contributed by atoms with van der Waals surface area (Å²) < 4.78 is 2.07. The second kappa shape index (κ2) is 4.95. The van der Waals surface area contributed by atoms with Crippen LogP contribution >= 0.6 is 0 Å². The molecule has 3 rings (SSSR count). The minimum atomic E-state index is 0.147. The number of fused-ring (bicyclic) bond motifs is 3. The van der Waals surface area contributed by atoms with E-state index in [2.05, 4.69) is 32.8 Å². The van der Waals surface area contributed by atoms with E-state index in [0.29, 0.717) is 13.1 Å². The van der Waals surface area contributed by atoms with Crippen LogP contribution in [-0.4, -0.2) is 44.8 Å². The third-order valence-electron chi connectivity index (χ3n) is 3.24. The Morgan fingerprint density at radius 1 is 1.16 bits per heavy atom. The van der Waals surface area contributed by atoms with Gasteiger partial charge in [-0.25, -0.2) is 0 Å². The first-order valence-electron chi connectivity index (χ1n) is 6.31. The molecule has 1 aromatic carbocycles. The molecule has 0 aliphatic rings. The molecule has 0 unspecified atom stereocenters. The van der Waals surface area contributed by atoms with Crippen LogP contribution in [0.25, 0.3) is 16.6 Å². The Morgan fingerprint density at radius 3 is 2.84 bits per heavy atom. The van der Waals surface area contributed by atoms with Crippen molar-refractivity contribution < 1.29 is 5.11 Å². The lowest BCUT2D eigenvalue weighted by molar-refractivity contribution is 0.214. The van der Waals surface area contributed by atoms with Crippen molar-refractivity contribution in [3.63, 3.8) is 0 Å². The lowest BCUT2D eigenvalue weighted by Crippen LogP contribution is -2.22. The number of pyridine rings is 1. The molecule has 0 amide bonds. The van der Waals surface area contributed by atoms with Gasteiger partial charge >= 0.3 is 0 Å². The highest BCUT2D eigenvalue weighted by Gasteiger charge is 2.10. The van der Waals surface area contributed by atoms with Gasteiger partial charge in [-0.2, -0.15) is 0 Å². The molecule has 98 valence electrons. The molecule has 0 aliphatic carbocycles. The van der Waals surface area contributed by atoms with Crippen LogP contribution in [0.2, 0.25) is 0 Å².